The van der Waals surface area contributed by atoms with Crippen LogP contribution >= 0.6 is 0 Å². The van der Waals surface area contributed by atoms with Crippen molar-refractivity contribution >= 4 is 11.8 Å². The van der Waals surface area contributed by atoms with Gasteiger partial charge in [0.2, 0.25) is 5.91 Å². The van der Waals surface area contributed by atoms with Crippen LogP contribution in [-0.2, 0) is 11.3 Å². The van der Waals surface area contributed by atoms with E-state index in [4.69, 9.17) is 0 Å². The number of hydrogen-bond acceptors (Lipinski definition) is 3. The van der Waals surface area contributed by atoms with Crippen LogP contribution in [0, 0.1) is 0 Å². The molecule has 0 radical (unpaired) electrons. The molecule has 0 bridgehead atoms. The molecule has 1 fully saturated rings. The van der Waals surface area contributed by atoms with Gasteiger partial charge in [-0.1, -0.05) is 44.2 Å². The molecule has 1 aliphatic rings. The van der Waals surface area contributed by atoms with E-state index in [2.05, 4.69) is 15.5 Å². The second-order valence-corrected chi connectivity index (χ2v) is 6.50. The molecule has 0 saturated carbocycles. The minimum absolute atomic E-state index is 0.0639. The van der Waals surface area contributed by atoms with Crippen molar-refractivity contribution in [3.63, 3.8) is 0 Å². The summed E-state index contributed by atoms with van der Waals surface area (Å²) in [4.78, 5) is 26.2. The van der Waals surface area contributed by atoms with Gasteiger partial charge in [0, 0.05) is 25.2 Å². The second kappa shape index (κ2) is 6.86. The summed E-state index contributed by atoms with van der Waals surface area (Å²) in [5, 5.41) is 9.83. The first-order valence-electron chi connectivity index (χ1n) is 8.21. The molecular weight excluding hydrogens is 304 g/mol. The van der Waals surface area contributed by atoms with Gasteiger partial charge in [0.25, 0.3) is 5.91 Å². The fraction of sp³-hybridized carbons (Fsp3) is 0.389. The molecule has 1 aromatic carbocycles. The number of carbonyl (C=O) groups is 2. The van der Waals surface area contributed by atoms with Crippen molar-refractivity contribution < 1.29 is 9.59 Å². The van der Waals surface area contributed by atoms with Gasteiger partial charge < -0.3 is 10.2 Å². The summed E-state index contributed by atoms with van der Waals surface area (Å²) in [6.07, 6.45) is 0.333. The predicted octanol–water partition coefficient (Wildman–Crippen LogP) is 2.06. The van der Waals surface area contributed by atoms with Crippen molar-refractivity contribution in [3.05, 3.63) is 53.3 Å². The van der Waals surface area contributed by atoms with Crippen LogP contribution in [0.5, 0.6) is 0 Å². The topological polar surface area (TPSA) is 78.1 Å². The summed E-state index contributed by atoms with van der Waals surface area (Å²) < 4.78 is 0. The Morgan fingerprint density at radius 1 is 1.38 bits per heavy atom. The minimum Gasteiger partial charge on any atom is -0.346 e. The molecule has 2 N–H and O–H groups in total. The first-order valence-corrected chi connectivity index (χ1v) is 8.21. The van der Waals surface area contributed by atoms with E-state index in [9.17, 15) is 9.59 Å². The van der Waals surface area contributed by atoms with E-state index in [1.165, 1.54) is 0 Å². The van der Waals surface area contributed by atoms with Crippen LogP contribution in [0.4, 0.5) is 0 Å². The summed E-state index contributed by atoms with van der Waals surface area (Å²) in [5.74, 6) is 0.111. The van der Waals surface area contributed by atoms with E-state index in [-0.39, 0.29) is 23.8 Å². The van der Waals surface area contributed by atoms with Crippen LogP contribution in [0.2, 0.25) is 0 Å². The first-order chi connectivity index (χ1) is 11.5. The Hall–Kier alpha value is -2.63. The zero-order chi connectivity index (χ0) is 17.1. The number of nitrogens with one attached hydrogen (secondary N) is 2. The number of aromatic nitrogens is 2. The summed E-state index contributed by atoms with van der Waals surface area (Å²) in [6.45, 7) is 5.17. The molecule has 6 nitrogen and oxygen atoms in total. The van der Waals surface area contributed by atoms with E-state index < -0.39 is 0 Å². The van der Waals surface area contributed by atoms with Crippen LogP contribution in [0.25, 0.3) is 0 Å². The minimum atomic E-state index is -0.238. The highest BCUT2D eigenvalue weighted by Crippen LogP contribution is 2.16. The fourth-order valence-corrected chi connectivity index (χ4v) is 2.83. The van der Waals surface area contributed by atoms with E-state index in [1.54, 1.807) is 11.0 Å². The standard InChI is InChI=1S/C18H22N4O2/c1-12(2)15-9-16(21-20-15)18(24)19-14-8-17(23)22(11-14)10-13-6-4-3-5-7-13/h3-7,9,12,14H,8,10-11H2,1-2H3,(H,19,24)(H,20,21)/t14-/m1/s1. The van der Waals surface area contributed by atoms with Gasteiger partial charge in [0.05, 0.1) is 6.04 Å². The fourth-order valence-electron chi connectivity index (χ4n) is 2.83. The lowest BCUT2D eigenvalue weighted by Gasteiger charge is -2.17. The SMILES string of the molecule is CC(C)c1cc(C(=O)N[C@@H]2CC(=O)N(Cc3ccccc3)C2)n[nH]1. The maximum absolute atomic E-state index is 12.3. The lowest BCUT2D eigenvalue weighted by atomic mass is 10.1. The average Bonchev–Trinajstić information content (AvgIpc) is 3.16. The molecular formula is C18H22N4O2. The van der Waals surface area contributed by atoms with E-state index >= 15 is 0 Å². The third-order valence-corrected chi connectivity index (χ3v) is 4.22. The Bertz CT molecular complexity index is 724. The maximum atomic E-state index is 12.3. The number of H-pyrrole nitrogens is 1. The van der Waals surface area contributed by atoms with Gasteiger partial charge in [-0.3, -0.25) is 14.7 Å². The van der Waals surface area contributed by atoms with Crippen molar-refractivity contribution in [2.45, 2.75) is 38.8 Å². The first kappa shape index (κ1) is 16.2. The molecule has 3 rings (SSSR count). The summed E-state index contributed by atoms with van der Waals surface area (Å²) in [6, 6.07) is 11.4. The normalized spacial score (nSPS) is 17.5. The van der Waals surface area contributed by atoms with Crippen molar-refractivity contribution in [1.29, 1.82) is 0 Å². The highest BCUT2D eigenvalue weighted by atomic mass is 16.2. The van der Waals surface area contributed by atoms with Gasteiger partial charge in [0.1, 0.15) is 5.69 Å². The molecule has 1 aromatic heterocycles. The number of amides is 2. The monoisotopic (exact) mass is 326 g/mol. The summed E-state index contributed by atoms with van der Waals surface area (Å²) in [7, 11) is 0. The number of rotatable bonds is 5. The molecule has 6 heteroatoms. The predicted molar refractivity (Wildman–Crippen MR) is 90.4 cm³/mol. The number of benzene rings is 1. The molecule has 2 aromatic rings. The quantitative estimate of drug-likeness (QED) is 0.883. The zero-order valence-corrected chi connectivity index (χ0v) is 14.0. The molecule has 0 unspecified atom stereocenters. The molecule has 0 aliphatic carbocycles. The molecule has 2 heterocycles. The Kier molecular flexibility index (Phi) is 4.64. The number of carbonyl (C=O) groups excluding carboxylic acids is 2. The van der Waals surface area contributed by atoms with Gasteiger partial charge in [-0.15, -0.1) is 0 Å². The van der Waals surface area contributed by atoms with Gasteiger partial charge in [-0.25, -0.2) is 0 Å². The van der Waals surface area contributed by atoms with Crippen molar-refractivity contribution in [2.75, 3.05) is 6.54 Å². The molecule has 1 atom stereocenters. The van der Waals surface area contributed by atoms with Crippen molar-refractivity contribution in [3.8, 4) is 0 Å². The van der Waals surface area contributed by atoms with Gasteiger partial charge in [-0.2, -0.15) is 5.10 Å². The number of aromatic amines is 1. The van der Waals surface area contributed by atoms with Crippen LogP contribution in [0.3, 0.4) is 0 Å². The van der Waals surface area contributed by atoms with Crippen LogP contribution in [0.15, 0.2) is 36.4 Å². The average molecular weight is 326 g/mol. The summed E-state index contributed by atoms with van der Waals surface area (Å²) in [5.41, 5.74) is 2.38. The lowest BCUT2D eigenvalue weighted by Crippen LogP contribution is -2.37. The van der Waals surface area contributed by atoms with Crippen LogP contribution in [-0.4, -0.2) is 39.5 Å². The van der Waals surface area contributed by atoms with Crippen LogP contribution in [0.1, 0.15) is 47.9 Å². The van der Waals surface area contributed by atoms with Crippen molar-refractivity contribution in [2.24, 2.45) is 0 Å². The number of hydrogen-bond donors (Lipinski definition) is 2. The zero-order valence-electron chi connectivity index (χ0n) is 14.0. The largest absolute Gasteiger partial charge is 0.346 e. The molecule has 0 spiro atoms. The van der Waals surface area contributed by atoms with E-state index in [0.717, 1.165) is 11.3 Å². The number of likely N-dealkylation sites (tertiary alicyclic amines) is 1. The highest BCUT2D eigenvalue weighted by Gasteiger charge is 2.31. The van der Waals surface area contributed by atoms with Crippen molar-refractivity contribution in [1.82, 2.24) is 20.4 Å². The Labute approximate surface area is 141 Å². The van der Waals surface area contributed by atoms with Gasteiger partial charge >= 0.3 is 0 Å². The second-order valence-electron chi connectivity index (χ2n) is 6.50. The van der Waals surface area contributed by atoms with Crippen LogP contribution < -0.4 is 5.32 Å². The Balaban J connectivity index is 1.58. The molecule has 2 amide bonds. The van der Waals surface area contributed by atoms with E-state index in [1.807, 2.05) is 44.2 Å². The third kappa shape index (κ3) is 3.64. The Morgan fingerprint density at radius 2 is 2.12 bits per heavy atom. The Morgan fingerprint density at radius 3 is 2.79 bits per heavy atom. The molecule has 24 heavy (non-hydrogen) atoms. The number of nitrogens with zero attached hydrogens (tertiary/aromatic N) is 2. The highest BCUT2D eigenvalue weighted by molar-refractivity contribution is 5.93. The van der Waals surface area contributed by atoms with E-state index in [0.29, 0.717) is 25.2 Å². The smallest absolute Gasteiger partial charge is 0.272 e. The molecule has 126 valence electrons. The molecule has 1 aliphatic heterocycles. The summed E-state index contributed by atoms with van der Waals surface area (Å²) >= 11 is 0. The van der Waals surface area contributed by atoms with Gasteiger partial charge in [0.15, 0.2) is 0 Å². The van der Waals surface area contributed by atoms with Gasteiger partial charge in [-0.05, 0) is 17.5 Å². The lowest BCUT2D eigenvalue weighted by molar-refractivity contribution is -0.128. The maximum Gasteiger partial charge on any atom is 0.272 e. The molecule has 1 saturated heterocycles. The third-order valence-electron chi connectivity index (χ3n) is 4.22.